The van der Waals surface area contributed by atoms with Crippen LogP contribution in [0.3, 0.4) is 0 Å². The third-order valence-electron chi connectivity index (χ3n) is 3.66. The zero-order valence-electron chi connectivity index (χ0n) is 13.7. The van der Waals surface area contributed by atoms with Crippen LogP contribution < -0.4 is 4.74 Å². The smallest absolute Gasteiger partial charge is 0.223 e. The minimum atomic E-state index is 0.157. The van der Waals surface area contributed by atoms with Gasteiger partial charge in [0, 0.05) is 26.6 Å². The lowest BCUT2D eigenvalue weighted by atomic mass is 10.1. The summed E-state index contributed by atoms with van der Waals surface area (Å²) >= 11 is 1.65. The Morgan fingerprint density at radius 1 is 1.13 bits per heavy atom. The monoisotopic (exact) mass is 333 g/mol. The Morgan fingerprint density at radius 2 is 1.91 bits per heavy atom. The minimum Gasteiger partial charge on any atom is -0.497 e. The Bertz CT molecular complexity index is 581. The van der Waals surface area contributed by atoms with Crippen molar-refractivity contribution in [2.75, 3.05) is 27.4 Å². The van der Waals surface area contributed by atoms with Crippen LogP contribution >= 0.6 is 11.3 Å². The second kappa shape index (κ2) is 9.33. The van der Waals surface area contributed by atoms with Crippen LogP contribution in [0.25, 0.3) is 0 Å². The van der Waals surface area contributed by atoms with Crippen molar-refractivity contribution in [3.05, 3.63) is 52.2 Å². The molecule has 0 aliphatic carbocycles. The molecule has 0 spiro atoms. The molecule has 124 valence electrons. The number of nitrogens with zero attached hydrogens (tertiary/aromatic N) is 1. The highest BCUT2D eigenvalue weighted by atomic mass is 32.1. The SMILES string of the molecule is COCCN(Cc1ccsc1)C(=O)CCc1ccc(OC)cc1. The van der Waals surface area contributed by atoms with E-state index in [1.165, 1.54) is 5.56 Å². The van der Waals surface area contributed by atoms with E-state index in [9.17, 15) is 4.79 Å². The molecule has 2 aromatic rings. The van der Waals surface area contributed by atoms with Crippen LogP contribution in [0.1, 0.15) is 17.5 Å². The molecule has 0 unspecified atom stereocenters. The summed E-state index contributed by atoms with van der Waals surface area (Å²) in [6, 6.07) is 9.91. The first-order valence-corrected chi connectivity index (χ1v) is 8.58. The van der Waals surface area contributed by atoms with E-state index in [1.54, 1.807) is 25.6 Å². The van der Waals surface area contributed by atoms with Gasteiger partial charge in [-0.05, 0) is 46.5 Å². The molecule has 0 fully saturated rings. The standard InChI is InChI=1S/C18H23NO3S/c1-21-11-10-19(13-16-9-12-23-14-16)18(20)8-5-15-3-6-17(22-2)7-4-15/h3-4,6-7,9,12,14H,5,8,10-11,13H2,1-2H3. The maximum Gasteiger partial charge on any atom is 0.223 e. The average Bonchev–Trinajstić information content (AvgIpc) is 3.10. The second-order valence-corrected chi connectivity index (χ2v) is 6.07. The summed E-state index contributed by atoms with van der Waals surface area (Å²) in [6.45, 7) is 1.82. The summed E-state index contributed by atoms with van der Waals surface area (Å²) < 4.78 is 10.3. The van der Waals surface area contributed by atoms with Crippen LogP contribution in [-0.2, 0) is 22.5 Å². The van der Waals surface area contributed by atoms with E-state index in [1.807, 2.05) is 34.5 Å². The first-order chi connectivity index (χ1) is 11.2. The van der Waals surface area contributed by atoms with Crippen LogP contribution in [0.5, 0.6) is 5.75 Å². The molecule has 2 rings (SSSR count). The van der Waals surface area contributed by atoms with E-state index in [-0.39, 0.29) is 5.91 Å². The lowest BCUT2D eigenvalue weighted by molar-refractivity contribution is -0.132. The van der Waals surface area contributed by atoms with Gasteiger partial charge in [-0.1, -0.05) is 12.1 Å². The van der Waals surface area contributed by atoms with E-state index in [4.69, 9.17) is 9.47 Å². The molecular formula is C18H23NO3S. The molecule has 0 aliphatic rings. The van der Waals surface area contributed by atoms with Crippen LogP contribution in [0, 0.1) is 0 Å². The molecule has 5 heteroatoms. The summed E-state index contributed by atoms with van der Waals surface area (Å²) in [5.41, 5.74) is 2.31. The van der Waals surface area contributed by atoms with Gasteiger partial charge in [-0.15, -0.1) is 0 Å². The highest BCUT2D eigenvalue weighted by Crippen LogP contribution is 2.14. The number of carbonyl (C=O) groups is 1. The van der Waals surface area contributed by atoms with Gasteiger partial charge in [-0.2, -0.15) is 11.3 Å². The lowest BCUT2D eigenvalue weighted by Gasteiger charge is -2.22. The van der Waals surface area contributed by atoms with Crippen molar-refractivity contribution in [1.29, 1.82) is 0 Å². The maximum atomic E-state index is 12.5. The molecule has 1 heterocycles. The zero-order chi connectivity index (χ0) is 16.5. The second-order valence-electron chi connectivity index (χ2n) is 5.29. The summed E-state index contributed by atoms with van der Waals surface area (Å²) in [7, 11) is 3.31. The number of ether oxygens (including phenoxy) is 2. The van der Waals surface area contributed by atoms with Crippen molar-refractivity contribution in [3.63, 3.8) is 0 Å². The Kier molecular flexibility index (Phi) is 7.10. The third kappa shape index (κ3) is 5.69. The average molecular weight is 333 g/mol. The Balaban J connectivity index is 1.90. The molecule has 0 saturated carbocycles. The molecule has 0 bridgehead atoms. The first kappa shape index (κ1) is 17.5. The van der Waals surface area contributed by atoms with Gasteiger partial charge in [0.05, 0.1) is 13.7 Å². The number of benzene rings is 1. The van der Waals surface area contributed by atoms with Gasteiger partial charge in [0.2, 0.25) is 5.91 Å². The molecular weight excluding hydrogens is 310 g/mol. The van der Waals surface area contributed by atoms with Crippen LogP contribution in [0.15, 0.2) is 41.1 Å². The summed E-state index contributed by atoms with van der Waals surface area (Å²) in [6.07, 6.45) is 1.23. The summed E-state index contributed by atoms with van der Waals surface area (Å²) in [5.74, 6) is 0.989. The fourth-order valence-corrected chi connectivity index (χ4v) is 2.96. The first-order valence-electron chi connectivity index (χ1n) is 7.63. The number of carbonyl (C=O) groups excluding carboxylic acids is 1. The summed E-state index contributed by atoms with van der Waals surface area (Å²) in [4.78, 5) is 14.4. The van der Waals surface area contributed by atoms with Crippen molar-refractivity contribution in [3.8, 4) is 5.75 Å². The normalized spacial score (nSPS) is 10.5. The predicted octanol–water partition coefficient (Wildman–Crippen LogP) is 3.36. The van der Waals surface area contributed by atoms with Gasteiger partial charge in [-0.25, -0.2) is 0 Å². The summed E-state index contributed by atoms with van der Waals surface area (Å²) in [5, 5.41) is 4.11. The molecule has 0 radical (unpaired) electrons. The van der Waals surface area contributed by atoms with Gasteiger partial charge < -0.3 is 14.4 Å². The van der Waals surface area contributed by atoms with Crippen molar-refractivity contribution < 1.29 is 14.3 Å². The molecule has 0 N–H and O–H groups in total. The highest BCUT2D eigenvalue weighted by molar-refractivity contribution is 7.07. The van der Waals surface area contributed by atoms with Crippen LogP contribution in [0.4, 0.5) is 0 Å². The van der Waals surface area contributed by atoms with Gasteiger partial charge in [0.1, 0.15) is 5.75 Å². The Morgan fingerprint density at radius 3 is 2.52 bits per heavy atom. The fraction of sp³-hybridized carbons (Fsp3) is 0.389. The van der Waals surface area contributed by atoms with Gasteiger partial charge in [0.25, 0.3) is 0 Å². The Hall–Kier alpha value is -1.85. The van der Waals surface area contributed by atoms with Gasteiger partial charge in [0.15, 0.2) is 0 Å². The molecule has 1 aromatic heterocycles. The van der Waals surface area contributed by atoms with Gasteiger partial charge >= 0.3 is 0 Å². The number of thiophene rings is 1. The number of aryl methyl sites for hydroxylation is 1. The van der Waals surface area contributed by atoms with Crippen LogP contribution in [-0.4, -0.2) is 38.2 Å². The topological polar surface area (TPSA) is 38.8 Å². The zero-order valence-corrected chi connectivity index (χ0v) is 14.5. The third-order valence-corrected chi connectivity index (χ3v) is 4.39. The van der Waals surface area contributed by atoms with Crippen molar-refractivity contribution in [2.45, 2.75) is 19.4 Å². The molecule has 0 aliphatic heterocycles. The number of hydrogen-bond acceptors (Lipinski definition) is 4. The van der Waals surface area contributed by atoms with Gasteiger partial charge in [-0.3, -0.25) is 4.79 Å². The van der Waals surface area contributed by atoms with E-state index in [2.05, 4.69) is 11.4 Å². The molecule has 1 amide bonds. The van der Waals surface area contributed by atoms with Crippen LogP contribution in [0.2, 0.25) is 0 Å². The highest BCUT2D eigenvalue weighted by Gasteiger charge is 2.14. The number of hydrogen-bond donors (Lipinski definition) is 0. The van der Waals surface area contributed by atoms with Crippen molar-refractivity contribution in [1.82, 2.24) is 4.90 Å². The quantitative estimate of drug-likeness (QED) is 0.706. The van der Waals surface area contributed by atoms with E-state index in [0.717, 1.165) is 17.7 Å². The Labute approximate surface area is 141 Å². The van der Waals surface area contributed by atoms with Crippen molar-refractivity contribution >= 4 is 17.2 Å². The molecule has 0 saturated heterocycles. The predicted molar refractivity (Wildman–Crippen MR) is 92.9 cm³/mol. The van der Waals surface area contributed by atoms with E-state index >= 15 is 0 Å². The molecule has 1 aromatic carbocycles. The maximum absolute atomic E-state index is 12.5. The fourth-order valence-electron chi connectivity index (χ4n) is 2.30. The molecule has 23 heavy (non-hydrogen) atoms. The lowest BCUT2D eigenvalue weighted by Crippen LogP contribution is -2.33. The van der Waals surface area contributed by atoms with E-state index < -0.39 is 0 Å². The molecule has 0 atom stereocenters. The number of rotatable bonds is 9. The van der Waals surface area contributed by atoms with Crippen molar-refractivity contribution in [2.24, 2.45) is 0 Å². The minimum absolute atomic E-state index is 0.157. The molecule has 4 nitrogen and oxygen atoms in total. The number of amides is 1. The largest absolute Gasteiger partial charge is 0.497 e. The van der Waals surface area contributed by atoms with E-state index in [0.29, 0.717) is 26.1 Å². The number of methoxy groups -OCH3 is 2.